The van der Waals surface area contributed by atoms with Crippen molar-refractivity contribution in [2.75, 3.05) is 18.4 Å². The number of urea groups is 1. The van der Waals surface area contributed by atoms with E-state index in [4.69, 9.17) is 0 Å². The van der Waals surface area contributed by atoms with Crippen LogP contribution in [0, 0.1) is 0 Å². The molecule has 0 unspecified atom stereocenters. The first-order valence-corrected chi connectivity index (χ1v) is 8.62. The molecule has 3 aromatic carbocycles. The third kappa shape index (κ3) is 3.25. The minimum absolute atomic E-state index is 0.123. The van der Waals surface area contributed by atoms with Crippen LogP contribution in [0.2, 0.25) is 0 Å². The molecule has 1 aliphatic heterocycles. The lowest BCUT2D eigenvalue weighted by Gasteiger charge is -2.14. The van der Waals surface area contributed by atoms with Crippen LogP contribution in [0.15, 0.2) is 66.7 Å². The second-order valence-electron chi connectivity index (χ2n) is 6.25. The number of hydrogen-bond acceptors (Lipinski definition) is 3. The van der Waals surface area contributed by atoms with E-state index in [0.29, 0.717) is 16.8 Å². The molecule has 0 saturated carbocycles. The van der Waals surface area contributed by atoms with Crippen LogP contribution >= 0.6 is 0 Å². The maximum absolute atomic E-state index is 12.3. The second kappa shape index (κ2) is 6.92. The summed E-state index contributed by atoms with van der Waals surface area (Å²) in [6.07, 6.45) is 0. The zero-order chi connectivity index (χ0) is 18.8. The van der Waals surface area contributed by atoms with Gasteiger partial charge in [-0.1, -0.05) is 42.5 Å². The molecule has 1 heterocycles. The highest BCUT2D eigenvalue weighted by Gasteiger charge is 2.34. The van der Waals surface area contributed by atoms with Crippen LogP contribution in [0.3, 0.4) is 0 Å². The molecule has 0 aromatic heterocycles. The van der Waals surface area contributed by atoms with Crippen molar-refractivity contribution in [1.29, 1.82) is 0 Å². The molecule has 134 valence electrons. The number of nitrogens with zero attached hydrogens (tertiary/aromatic N) is 1. The molecule has 4 amide bonds. The van der Waals surface area contributed by atoms with Gasteiger partial charge in [0.25, 0.3) is 11.8 Å². The fourth-order valence-electron chi connectivity index (χ4n) is 3.17. The highest BCUT2D eigenvalue weighted by atomic mass is 16.2. The summed E-state index contributed by atoms with van der Waals surface area (Å²) in [4.78, 5) is 37.8. The Labute approximate surface area is 155 Å². The molecule has 0 fully saturated rings. The van der Waals surface area contributed by atoms with E-state index >= 15 is 0 Å². The van der Waals surface area contributed by atoms with Crippen LogP contribution in [0.1, 0.15) is 20.7 Å². The molecule has 27 heavy (non-hydrogen) atoms. The van der Waals surface area contributed by atoms with E-state index in [1.54, 1.807) is 24.3 Å². The maximum Gasteiger partial charge on any atom is 0.319 e. The van der Waals surface area contributed by atoms with Gasteiger partial charge in [0.15, 0.2) is 0 Å². The zero-order valence-electron chi connectivity index (χ0n) is 14.4. The number of fused-ring (bicyclic) bond motifs is 2. The maximum atomic E-state index is 12.3. The van der Waals surface area contributed by atoms with Crippen LogP contribution in [0.25, 0.3) is 10.8 Å². The monoisotopic (exact) mass is 359 g/mol. The van der Waals surface area contributed by atoms with Crippen molar-refractivity contribution in [1.82, 2.24) is 10.2 Å². The molecule has 3 aromatic rings. The van der Waals surface area contributed by atoms with Crippen LogP contribution in [0.4, 0.5) is 10.5 Å². The van der Waals surface area contributed by atoms with Gasteiger partial charge in [-0.15, -0.1) is 0 Å². The van der Waals surface area contributed by atoms with Gasteiger partial charge in [0.1, 0.15) is 0 Å². The Bertz CT molecular complexity index is 1030. The molecule has 0 saturated heterocycles. The molecule has 6 heteroatoms. The summed E-state index contributed by atoms with van der Waals surface area (Å²) in [6.45, 7) is 0.294. The zero-order valence-corrected chi connectivity index (χ0v) is 14.4. The third-order valence-corrected chi connectivity index (χ3v) is 4.51. The number of rotatable bonds is 4. The van der Waals surface area contributed by atoms with E-state index in [2.05, 4.69) is 10.6 Å². The smallest absolute Gasteiger partial charge is 0.319 e. The van der Waals surface area contributed by atoms with Gasteiger partial charge < -0.3 is 10.6 Å². The molecular weight excluding hydrogens is 342 g/mol. The molecule has 0 bridgehead atoms. The lowest BCUT2D eigenvalue weighted by atomic mass is 10.1. The predicted molar refractivity (Wildman–Crippen MR) is 103 cm³/mol. The number of anilines is 1. The molecule has 6 nitrogen and oxygen atoms in total. The number of carbonyl (C=O) groups is 3. The summed E-state index contributed by atoms with van der Waals surface area (Å²) in [5.74, 6) is -0.653. The largest absolute Gasteiger partial charge is 0.336 e. The first kappa shape index (κ1) is 16.8. The van der Waals surface area contributed by atoms with Gasteiger partial charge in [0, 0.05) is 18.8 Å². The van der Waals surface area contributed by atoms with Crippen molar-refractivity contribution < 1.29 is 14.4 Å². The Morgan fingerprint density at radius 2 is 1.44 bits per heavy atom. The molecule has 0 aliphatic carbocycles. The van der Waals surface area contributed by atoms with Crippen LogP contribution in [-0.2, 0) is 0 Å². The summed E-state index contributed by atoms with van der Waals surface area (Å²) in [7, 11) is 0. The number of hydrogen-bond donors (Lipinski definition) is 2. The van der Waals surface area contributed by atoms with E-state index < -0.39 is 0 Å². The Hall–Kier alpha value is -3.67. The SMILES string of the molecule is O=C(NCCN1C(=O)c2ccccc2C1=O)Nc1ccc2ccccc2c1. The summed E-state index contributed by atoms with van der Waals surface area (Å²) in [5, 5.41) is 7.56. The van der Waals surface area contributed by atoms with Crippen LogP contribution in [-0.4, -0.2) is 35.8 Å². The lowest BCUT2D eigenvalue weighted by molar-refractivity contribution is 0.0656. The predicted octanol–water partition coefficient (Wildman–Crippen LogP) is 3.26. The molecule has 1 aliphatic rings. The number of nitrogens with one attached hydrogen (secondary N) is 2. The first-order valence-electron chi connectivity index (χ1n) is 8.62. The molecule has 0 spiro atoms. The number of amides is 4. The Morgan fingerprint density at radius 1 is 0.815 bits per heavy atom. The Balaban J connectivity index is 1.33. The highest BCUT2D eigenvalue weighted by Crippen LogP contribution is 2.22. The Morgan fingerprint density at radius 3 is 2.15 bits per heavy atom. The fraction of sp³-hybridized carbons (Fsp3) is 0.0952. The average molecular weight is 359 g/mol. The van der Waals surface area contributed by atoms with Crippen molar-refractivity contribution in [3.05, 3.63) is 77.9 Å². The molecular formula is C21H17N3O3. The van der Waals surface area contributed by atoms with E-state index in [1.165, 1.54) is 0 Å². The van der Waals surface area contributed by atoms with Gasteiger partial charge in [-0.05, 0) is 35.0 Å². The van der Waals surface area contributed by atoms with E-state index in [-0.39, 0.29) is 30.9 Å². The summed E-state index contributed by atoms with van der Waals surface area (Å²) >= 11 is 0. The summed E-state index contributed by atoms with van der Waals surface area (Å²) in [5.41, 5.74) is 1.48. The van der Waals surface area contributed by atoms with Gasteiger partial charge in [-0.2, -0.15) is 0 Å². The summed E-state index contributed by atoms with van der Waals surface area (Å²) < 4.78 is 0. The number of imide groups is 1. The van der Waals surface area contributed by atoms with Crippen molar-refractivity contribution in [3.63, 3.8) is 0 Å². The first-order chi connectivity index (χ1) is 13.1. The second-order valence-corrected chi connectivity index (χ2v) is 6.25. The van der Waals surface area contributed by atoms with Gasteiger partial charge in [0.05, 0.1) is 11.1 Å². The van der Waals surface area contributed by atoms with Crippen LogP contribution in [0.5, 0.6) is 0 Å². The van der Waals surface area contributed by atoms with Gasteiger partial charge in [-0.25, -0.2) is 4.79 Å². The minimum atomic E-state index is -0.387. The van der Waals surface area contributed by atoms with E-state index in [9.17, 15) is 14.4 Å². The van der Waals surface area contributed by atoms with Crippen molar-refractivity contribution >= 4 is 34.3 Å². The van der Waals surface area contributed by atoms with E-state index in [1.807, 2.05) is 42.5 Å². The van der Waals surface area contributed by atoms with Crippen LogP contribution < -0.4 is 10.6 Å². The Kier molecular flexibility index (Phi) is 4.30. The van der Waals surface area contributed by atoms with Gasteiger partial charge in [0.2, 0.25) is 0 Å². The fourth-order valence-corrected chi connectivity index (χ4v) is 3.17. The highest BCUT2D eigenvalue weighted by molar-refractivity contribution is 6.21. The molecule has 2 N–H and O–H groups in total. The standard InChI is InChI=1S/C21H17N3O3/c25-19-17-7-3-4-8-18(17)20(26)24(19)12-11-22-21(27)23-16-10-9-14-5-1-2-6-15(14)13-16/h1-10,13H,11-12H2,(H2,22,23,27). The van der Waals surface area contributed by atoms with Crippen molar-refractivity contribution in [3.8, 4) is 0 Å². The van der Waals surface area contributed by atoms with Crippen molar-refractivity contribution in [2.24, 2.45) is 0 Å². The van der Waals surface area contributed by atoms with E-state index in [0.717, 1.165) is 15.7 Å². The molecule has 4 rings (SSSR count). The van der Waals surface area contributed by atoms with Gasteiger partial charge >= 0.3 is 6.03 Å². The van der Waals surface area contributed by atoms with Crippen molar-refractivity contribution in [2.45, 2.75) is 0 Å². The quantitative estimate of drug-likeness (QED) is 0.702. The average Bonchev–Trinajstić information content (AvgIpc) is 2.93. The topological polar surface area (TPSA) is 78.5 Å². The number of carbonyl (C=O) groups excluding carboxylic acids is 3. The minimum Gasteiger partial charge on any atom is -0.336 e. The summed E-state index contributed by atoms with van der Waals surface area (Å²) in [6, 6.07) is 19.9. The third-order valence-electron chi connectivity index (χ3n) is 4.51. The molecule has 0 atom stereocenters. The lowest BCUT2D eigenvalue weighted by Crippen LogP contribution is -2.39. The molecule has 0 radical (unpaired) electrons. The number of benzene rings is 3. The van der Waals surface area contributed by atoms with Gasteiger partial charge in [-0.3, -0.25) is 14.5 Å². The normalized spacial score (nSPS) is 13.0.